The molecule has 2 atom stereocenters. The van der Waals surface area contributed by atoms with Crippen LogP contribution >= 0.6 is 0 Å². The highest BCUT2D eigenvalue weighted by Crippen LogP contribution is 2.54. The number of unbranched alkanes of at least 4 members (excludes halogenated alkanes) is 2. The largest absolute Gasteiger partial charge is 0.507 e. The molecule has 1 amide bonds. The third-order valence-electron chi connectivity index (χ3n) is 6.74. The Balaban J connectivity index is 2.17. The monoisotopic (exact) mass is 411 g/mol. The van der Waals surface area contributed by atoms with Gasteiger partial charge in [-0.25, -0.2) is 0 Å². The van der Waals surface area contributed by atoms with E-state index in [1.54, 1.807) is 18.0 Å². The number of ether oxygens (including phenoxy) is 1. The minimum atomic E-state index is -0.312. The Bertz CT molecular complexity index is 852. The lowest BCUT2D eigenvalue weighted by Gasteiger charge is -2.46. The predicted molar refractivity (Wildman–Crippen MR) is 122 cm³/mol. The molecule has 4 heteroatoms. The molecule has 1 aromatic rings. The minimum absolute atomic E-state index is 0.0680. The maximum atomic E-state index is 13.3. The van der Waals surface area contributed by atoms with Gasteiger partial charge in [0, 0.05) is 31.0 Å². The first kappa shape index (κ1) is 22.5. The number of benzene rings is 1. The SMILES string of the molecule is C=CCN(C)C(=O)c1c(CCCCC)cc2c(c1O)C1C=C(C)CCC1C(C)(C)O2. The maximum Gasteiger partial charge on any atom is 0.257 e. The summed E-state index contributed by atoms with van der Waals surface area (Å²) in [7, 11) is 1.76. The molecule has 0 radical (unpaired) electrons. The van der Waals surface area contributed by atoms with Gasteiger partial charge in [0.05, 0.1) is 5.56 Å². The molecule has 4 nitrogen and oxygen atoms in total. The first-order valence-corrected chi connectivity index (χ1v) is 11.3. The van der Waals surface area contributed by atoms with Gasteiger partial charge in [0.25, 0.3) is 5.91 Å². The van der Waals surface area contributed by atoms with Crippen molar-refractivity contribution in [1.82, 2.24) is 4.90 Å². The van der Waals surface area contributed by atoms with Gasteiger partial charge in [0.2, 0.25) is 0 Å². The number of hydrogen-bond donors (Lipinski definition) is 1. The summed E-state index contributed by atoms with van der Waals surface area (Å²) in [6.45, 7) is 12.8. The lowest BCUT2D eigenvalue weighted by molar-refractivity contribution is 0.0106. The Morgan fingerprint density at radius 1 is 1.40 bits per heavy atom. The van der Waals surface area contributed by atoms with E-state index >= 15 is 0 Å². The van der Waals surface area contributed by atoms with Gasteiger partial charge in [-0.15, -0.1) is 6.58 Å². The second-order valence-corrected chi connectivity index (χ2v) is 9.49. The van der Waals surface area contributed by atoms with Crippen molar-refractivity contribution in [2.75, 3.05) is 13.6 Å². The number of amides is 1. The third kappa shape index (κ3) is 4.14. The van der Waals surface area contributed by atoms with Crippen LogP contribution in [0.3, 0.4) is 0 Å². The summed E-state index contributed by atoms with van der Waals surface area (Å²) in [4.78, 5) is 14.9. The molecule has 1 aliphatic heterocycles. The van der Waals surface area contributed by atoms with Crippen LogP contribution in [-0.4, -0.2) is 35.1 Å². The standard InChI is InChI=1S/C26H37NO3/c1-7-9-10-11-18-16-21-23(24(28)22(18)25(29)27(6)14-8-2)19-15-17(3)12-13-20(19)26(4,5)30-21/h8,15-16,19-20,28H,2,7,9-14H2,1,3-6H3. The number of rotatable bonds is 7. The van der Waals surface area contributed by atoms with E-state index in [0.29, 0.717) is 12.1 Å². The summed E-state index contributed by atoms with van der Waals surface area (Å²) in [6.07, 6.45) is 9.98. The van der Waals surface area contributed by atoms with Gasteiger partial charge in [0.15, 0.2) is 0 Å². The van der Waals surface area contributed by atoms with Crippen molar-refractivity contribution in [3.05, 3.63) is 47.1 Å². The van der Waals surface area contributed by atoms with Crippen LogP contribution in [0.15, 0.2) is 30.4 Å². The summed E-state index contributed by atoms with van der Waals surface area (Å²) in [5.41, 5.74) is 3.13. The highest BCUT2D eigenvalue weighted by atomic mass is 16.5. The van der Waals surface area contributed by atoms with Gasteiger partial charge in [-0.2, -0.15) is 0 Å². The smallest absolute Gasteiger partial charge is 0.257 e. The zero-order valence-electron chi connectivity index (χ0n) is 19.3. The Kier molecular flexibility index (Phi) is 6.64. The quantitative estimate of drug-likeness (QED) is 0.443. The van der Waals surface area contributed by atoms with Gasteiger partial charge in [0.1, 0.15) is 17.1 Å². The molecule has 3 rings (SSSR count). The zero-order chi connectivity index (χ0) is 22.1. The van der Waals surface area contributed by atoms with Crippen LogP contribution in [0.25, 0.3) is 0 Å². The van der Waals surface area contributed by atoms with E-state index in [0.717, 1.165) is 55.4 Å². The molecule has 0 fully saturated rings. The average Bonchev–Trinajstić information content (AvgIpc) is 2.67. The Morgan fingerprint density at radius 3 is 2.80 bits per heavy atom. The van der Waals surface area contributed by atoms with Crippen molar-refractivity contribution >= 4 is 5.91 Å². The number of fused-ring (bicyclic) bond motifs is 3. The number of carbonyl (C=O) groups is 1. The molecule has 0 saturated heterocycles. The van der Waals surface area contributed by atoms with Gasteiger partial charge in [-0.05, 0) is 58.1 Å². The fourth-order valence-corrected chi connectivity index (χ4v) is 5.08. The lowest BCUT2D eigenvalue weighted by atomic mass is 9.67. The van der Waals surface area contributed by atoms with Crippen LogP contribution in [-0.2, 0) is 6.42 Å². The van der Waals surface area contributed by atoms with Crippen LogP contribution in [0.5, 0.6) is 11.5 Å². The third-order valence-corrected chi connectivity index (χ3v) is 6.74. The number of aromatic hydroxyl groups is 1. The van der Waals surface area contributed by atoms with Gasteiger partial charge in [-0.3, -0.25) is 4.79 Å². The number of aryl methyl sites for hydroxylation is 1. The van der Waals surface area contributed by atoms with E-state index in [1.165, 1.54) is 5.57 Å². The second-order valence-electron chi connectivity index (χ2n) is 9.49. The van der Waals surface area contributed by atoms with E-state index in [1.807, 2.05) is 6.07 Å². The van der Waals surface area contributed by atoms with E-state index in [9.17, 15) is 9.90 Å². The van der Waals surface area contributed by atoms with Crippen molar-refractivity contribution in [3.63, 3.8) is 0 Å². The minimum Gasteiger partial charge on any atom is -0.507 e. The summed E-state index contributed by atoms with van der Waals surface area (Å²) in [5, 5.41) is 11.5. The molecule has 1 aromatic carbocycles. The molecule has 0 bridgehead atoms. The van der Waals surface area contributed by atoms with Crippen molar-refractivity contribution in [2.24, 2.45) is 5.92 Å². The van der Waals surface area contributed by atoms with E-state index < -0.39 is 0 Å². The molecule has 1 N–H and O–H groups in total. The first-order chi connectivity index (χ1) is 14.2. The Morgan fingerprint density at radius 2 is 2.13 bits per heavy atom. The first-order valence-electron chi connectivity index (χ1n) is 11.3. The molecule has 1 heterocycles. The molecular formula is C26H37NO3. The van der Waals surface area contributed by atoms with Crippen molar-refractivity contribution < 1.29 is 14.6 Å². The van der Waals surface area contributed by atoms with Crippen LogP contribution in [0.1, 0.15) is 87.2 Å². The Hall–Kier alpha value is -2.23. The van der Waals surface area contributed by atoms with Crippen molar-refractivity contribution in [2.45, 2.75) is 77.7 Å². The Labute approximate surface area is 181 Å². The summed E-state index contributed by atoms with van der Waals surface area (Å²) in [6, 6.07) is 2.02. The number of hydrogen-bond acceptors (Lipinski definition) is 3. The molecule has 2 aliphatic rings. The fraction of sp³-hybridized carbons (Fsp3) is 0.577. The molecule has 2 unspecified atom stereocenters. The van der Waals surface area contributed by atoms with E-state index in [4.69, 9.17) is 4.74 Å². The van der Waals surface area contributed by atoms with Gasteiger partial charge >= 0.3 is 0 Å². The van der Waals surface area contributed by atoms with Crippen molar-refractivity contribution in [3.8, 4) is 11.5 Å². The summed E-state index contributed by atoms with van der Waals surface area (Å²) in [5.74, 6) is 1.04. The normalized spacial score (nSPS) is 21.7. The highest BCUT2D eigenvalue weighted by molar-refractivity contribution is 5.99. The van der Waals surface area contributed by atoms with Crippen LogP contribution in [0.4, 0.5) is 0 Å². The molecule has 0 saturated carbocycles. The van der Waals surface area contributed by atoms with Crippen LogP contribution in [0.2, 0.25) is 0 Å². The molecule has 0 aromatic heterocycles. The number of carbonyl (C=O) groups excluding carboxylic acids is 1. The lowest BCUT2D eigenvalue weighted by Crippen LogP contribution is -2.45. The van der Waals surface area contributed by atoms with Crippen LogP contribution in [0, 0.1) is 5.92 Å². The predicted octanol–water partition coefficient (Wildman–Crippen LogP) is 5.99. The molecule has 164 valence electrons. The summed E-state index contributed by atoms with van der Waals surface area (Å²) < 4.78 is 6.46. The number of phenolic OH excluding ortho intramolecular Hbond substituents is 1. The average molecular weight is 412 g/mol. The number of nitrogens with zero attached hydrogens (tertiary/aromatic N) is 1. The van der Waals surface area contributed by atoms with Gasteiger partial charge < -0.3 is 14.7 Å². The molecule has 1 aliphatic carbocycles. The van der Waals surface area contributed by atoms with E-state index in [2.05, 4.69) is 40.3 Å². The summed E-state index contributed by atoms with van der Waals surface area (Å²) >= 11 is 0. The van der Waals surface area contributed by atoms with E-state index in [-0.39, 0.29) is 29.1 Å². The van der Waals surface area contributed by atoms with Gasteiger partial charge in [-0.1, -0.05) is 37.5 Å². The maximum absolute atomic E-state index is 13.3. The van der Waals surface area contributed by atoms with Crippen molar-refractivity contribution in [1.29, 1.82) is 0 Å². The zero-order valence-corrected chi connectivity index (χ0v) is 19.3. The number of allylic oxidation sites excluding steroid dienone is 2. The number of phenols is 1. The topological polar surface area (TPSA) is 49.8 Å². The molecule has 0 spiro atoms. The van der Waals surface area contributed by atoms with Crippen LogP contribution < -0.4 is 4.74 Å². The number of likely N-dealkylation sites (N-methyl/N-ethyl adjacent to an activating group) is 1. The second kappa shape index (κ2) is 8.87. The molecular weight excluding hydrogens is 374 g/mol. The molecule has 30 heavy (non-hydrogen) atoms. The fourth-order valence-electron chi connectivity index (χ4n) is 5.08. The highest BCUT2D eigenvalue weighted by Gasteiger charge is 2.46.